The van der Waals surface area contributed by atoms with Gasteiger partial charge >= 0.3 is 0 Å². The van der Waals surface area contributed by atoms with E-state index in [1.165, 1.54) is 17.7 Å². The van der Waals surface area contributed by atoms with Crippen LogP contribution in [0, 0.1) is 19.8 Å². The summed E-state index contributed by atoms with van der Waals surface area (Å²) in [4.78, 5) is 18.0. The van der Waals surface area contributed by atoms with Crippen molar-refractivity contribution in [3.63, 3.8) is 0 Å². The van der Waals surface area contributed by atoms with Gasteiger partial charge in [0.15, 0.2) is 0 Å². The minimum atomic E-state index is -0.380. The second-order valence-electron chi connectivity index (χ2n) is 6.57. The lowest BCUT2D eigenvalue weighted by Gasteiger charge is -2.25. The summed E-state index contributed by atoms with van der Waals surface area (Å²) in [6.07, 6.45) is 4.01. The van der Waals surface area contributed by atoms with Crippen LogP contribution in [0.5, 0.6) is 0 Å². The second-order valence-corrected chi connectivity index (χ2v) is 7.77. The number of aryl methyl sites for hydroxylation is 2. The third-order valence-corrected chi connectivity index (χ3v) is 5.65. The van der Waals surface area contributed by atoms with Gasteiger partial charge in [0.05, 0.1) is 11.2 Å². The molecule has 2 heterocycles. The molecule has 0 saturated carbocycles. The Morgan fingerprint density at radius 2 is 2.05 bits per heavy atom. The van der Waals surface area contributed by atoms with E-state index in [0.29, 0.717) is 12.3 Å². The van der Waals surface area contributed by atoms with Crippen molar-refractivity contribution in [2.45, 2.75) is 58.9 Å². The number of nitrogens with one attached hydrogen (secondary N) is 2. The topological polar surface area (TPSA) is 54.0 Å². The molecule has 2 rings (SSSR count). The van der Waals surface area contributed by atoms with Crippen molar-refractivity contribution in [1.82, 2.24) is 15.6 Å². The van der Waals surface area contributed by atoms with Crippen molar-refractivity contribution in [3.8, 4) is 0 Å². The summed E-state index contributed by atoms with van der Waals surface area (Å²) in [5.41, 5.74) is 0.682. The van der Waals surface area contributed by atoms with Gasteiger partial charge in [0.1, 0.15) is 5.01 Å². The molecule has 1 aliphatic heterocycles. The average molecular weight is 309 g/mol. The van der Waals surface area contributed by atoms with E-state index in [1.54, 1.807) is 11.3 Å². The molecule has 0 unspecified atom stereocenters. The van der Waals surface area contributed by atoms with Crippen LogP contribution in [-0.4, -0.2) is 24.0 Å². The highest BCUT2D eigenvalue weighted by Gasteiger charge is 2.27. The van der Waals surface area contributed by atoms with E-state index >= 15 is 0 Å². The van der Waals surface area contributed by atoms with Crippen molar-refractivity contribution in [3.05, 3.63) is 15.6 Å². The molecule has 0 aliphatic carbocycles. The first-order chi connectivity index (χ1) is 9.88. The maximum atomic E-state index is 12.2. The number of piperidine rings is 1. The van der Waals surface area contributed by atoms with Gasteiger partial charge in [-0.3, -0.25) is 4.79 Å². The molecule has 1 aromatic rings. The van der Waals surface area contributed by atoms with E-state index in [9.17, 15) is 4.79 Å². The van der Waals surface area contributed by atoms with Crippen LogP contribution in [0.1, 0.15) is 55.1 Å². The zero-order valence-corrected chi connectivity index (χ0v) is 14.4. The zero-order chi connectivity index (χ0) is 15.5. The number of carbonyl (C=O) groups is 1. The summed E-state index contributed by atoms with van der Waals surface area (Å²) in [5, 5.41) is 7.50. The number of hydrogen-bond donors (Lipinski definition) is 2. The van der Waals surface area contributed by atoms with Gasteiger partial charge in [-0.2, -0.15) is 0 Å². The standard InChI is InChI=1S/C16H27N3OS/c1-11-12(2)21-15(18-11)16(3,4)19-14(20)6-5-13-7-9-17-10-8-13/h13,17H,5-10H2,1-4H3,(H,19,20). The molecule has 118 valence electrons. The van der Waals surface area contributed by atoms with Crippen LogP contribution in [0.15, 0.2) is 0 Å². The van der Waals surface area contributed by atoms with E-state index in [4.69, 9.17) is 0 Å². The molecular weight excluding hydrogens is 282 g/mol. The third kappa shape index (κ3) is 4.51. The number of hydrogen-bond acceptors (Lipinski definition) is 4. The summed E-state index contributed by atoms with van der Waals surface area (Å²) >= 11 is 1.68. The van der Waals surface area contributed by atoms with Crippen molar-refractivity contribution in [2.24, 2.45) is 5.92 Å². The fourth-order valence-corrected chi connectivity index (χ4v) is 3.68. The lowest BCUT2D eigenvalue weighted by Crippen LogP contribution is -2.41. The lowest BCUT2D eigenvalue weighted by atomic mass is 9.93. The normalized spacial score (nSPS) is 17.0. The van der Waals surface area contributed by atoms with Gasteiger partial charge in [0, 0.05) is 11.3 Å². The highest BCUT2D eigenvalue weighted by molar-refractivity contribution is 7.11. The molecule has 1 aliphatic rings. The predicted octanol–water partition coefficient (Wildman–Crippen LogP) is 2.89. The monoisotopic (exact) mass is 309 g/mol. The summed E-state index contributed by atoms with van der Waals surface area (Å²) in [6.45, 7) is 10.3. The summed E-state index contributed by atoms with van der Waals surface area (Å²) < 4.78 is 0. The molecular formula is C16H27N3OS. The summed E-state index contributed by atoms with van der Waals surface area (Å²) in [6, 6.07) is 0. The van der Waals surface area contributed by atoms with E-state index in [0.717, 1.165) is 30.2 Å². The maximum Gasteiger partial charge on any atom is 0.220 e. The fraction of sp³-hybridized carbons (Fsp3) is 0.750. The van der Waals surface area contributed by atoms with Gasteiger partial charge in [-0.1, -0.05) is 0 Å². The van der Waals surface area contributed by atoms with Crippen LogP contribution < -0.4 is 10.6 Å². The number of rotatable bonds is 5. The molecule has 0 spiro atoms. The Labute approximate surface area is 131 Å². The van der Waals surface area contributed by atoms with Crippen molar-refractivity contribution in [2.75, 3.05) is 13.1 Å². The highest BCUT2D eigenvalue weighted by Crippen LogP contribution is 2.27. The second kappa shape index (κ2) is 6.88. The Bertz CT molecular complexity index is 470. The molecule has 1 fully saturated rings. The Hall–Kier alpha value is -0.940. The Morgan fingerprint density at radius 1 is 1.38 bits per heavy atom. The van der Waals surface area contributed by atoms with Crippen molar-refractivity contribution in [1.29, 1.82) is 0 Å². The van der Waals surface area contributed by atoms with E-state index in [1.807, 2.05) is 20.8 Å². The average Bonchev–Trinajstić information content (AvgIpc) is 2.78. The number of amides is 1. The van der Waals surface area contributed by atoms with Gasteiger partial charge in [-0.15, -0.1) is 11.3 Å². The Morgan fingerprint density at radius 3 is 2.62 bits per heavy atom. The van der Waals surface area contributed by atoms with Crippen LogP contribution in [0.2, 0.25) is 0 Å². The van der Waals surface area contributed by atoms with Gasteiger partial charge in [-0.05, 0) is 66.0 Å². The predicted molar refractivity (Wildman–Crippen MR) is 87.6 cm³/mol. The molecule has 5 heteroatoms. The molecule has 0 bridgehead atoms. The quantitative estimate of drug-likeness (QED) is 0.879. The maximum absolute atomic E-state index is 12.2. The molecule has 21 heavy (non-hydrogen) atoms. The van der Waals surface area contributed by atoms with Crippen molar-refractivity contribution < 1.29 is 4.79 Å². The smallest absolute Gasteiger partial charge is 0.220 e. The lowest BCUT2D eigenvalue weighted by molar-refractivity contribution is -0.123. The molecule has 2 N–H and O–H groups in total. The number of thiazole rings is 1. The molecule has 0 atom stereocenters. The minimum absolute atomic E-state index is 0.143. The van der Waals surface area contributed by atoms with Crippen LogP contribution >= 0.6 is 11.3 Å². The van der Waals surface area contributed by atoms with E-state index in [2.05, 4.69) is 22.5 Å². The molecule has 1 amide bonds. The first kappa shape index (κ1) is 16.4. The van der Waals surface area contributed by atoms with Gasteiger partial charge in [0.2, 0.25) is 5.91 Å². The molecule has 0 radical (unpaired) electrons. The van der Waals surface area contributed by atoms with E-state index < -0.39 is 0 Å². The third-order valence-electron chi connectivity index (χ3n) is 4.25. The number of nitrogens with zero attached hydrogens (tertiary/aromatic N) is 1. The summed E-state index contributed by atoms with van der Waals surface area (Å²) in [5.74, 6) is 0.841. The van der Waals surface area contributed by atoms with E-state index in [-0.39, 0.29) is 11.4 Å². The molecule has 0 aromatic carbocycles. The van der Waals surface area contributed by atoms with Crippen molar-refractivity contribution >= 4 is 17.2 Å². The van der Waals surface area contributed by atoms with Gasteiger partial charge in [0.25, 0.3) is 0 Å². The fourth-order valence-electron chi connectivity index (χ4n) is 2.71. The molecule has 4 nitrogen and oxygen atoms in total. The first-order valence-electron chi connectivity index (χ1n) is 7.84. The van der Waals surface area contributed by atoms with Gasteiger partial charge in [-0.25, -0.2) is 4.98 Å². The number of carbonyl (C=O) groups excluding carboxylic acids is 1. The summed E-state index contributed by atoms with van der Waals surface area (Å²) in [7, 11) is 0. The largest absolute Gasteiger partial charge is 0.345 e. The zero-order valence-electron chi connectivity index (χ0n) is 13.6. The van der Waals surface area contributed by atoms with Crippen LogP contribution in [-0.2, 0) is 10.3 Å². The highest BCUT2D eigenvalue weighted by atomic mass is 32.1. The molecule has 1 aromatic heterocycles. The first-order valence-corrected chi connectivity index (χ1v) is 8.66. The van der Waals surface area contributed by atoms with Crippen LogP contribution in [0.4, 0.5) is 0 Å². The van der Waals surface area contributed by atoms with Crippen LogP contribution in [0.3, 0.4) is 0 Å². The molecule has 1 saturated heterocycles. The Kier molecular flexibility index (Phi) is 5.38. The van der Waals surface area contributed by atoms with Gasteiger partial charge < -0.3 is 10.6 Å². The number of aromatic nitrogens is 1. The Balaban J connectivity index is 1.85. The van der Waals surface area contributed by atoms with Crippen LogP contribution in [0.25, 0.3) is 0 Å². The minimum Gasteiger partial charge on any atom is -0.345 e. The SMILES string of the molecule is Cc1nc(C(C)(C)NC(=O)CCC2CCNCC2)sc1C.